The first kappa shape index (κ1) is 14.5. The van der Waals surface area contributed by atoms with Crippen molar-refractivity contribution in [3.05, 3.63) is 22.4 Å². The first-order valence-electron chi connectivity index (χ1n) is 6.72. The molecule has 19 heavy (non-hydrogen) atoms. The van der Waals surface area contributed by atoms with Gasteiger partial charge in [-0.15, -0.1) is 11.3 Å². The van der Waals surface area contributed by atoms with Crippen molar-refractivity contribution in [3.8, 4) is 0 Å². The first-order valence-corrected chi connectivity index (χ1v) is 7.60. The topological polar surface area (TPSA) is 50.4 Å². The number of thiophene rings is 1. The molecule has 1 aliphatic heterocycles. The van der Waals surface area contributed by atoms with Gasteiger partial charge < -0.3 is 15.4 Å². The van der Waals surface area contributed by atoms with Gasteiger partial charge in [0.1, 0.15) is 0 Å². The van der Waals surface area contributed by atoms with E-state index in [2.05, 4.69) is 16.7 Å². The number of amides is 1. The van der Waals surface area contributed by atoms with E-state index in [9.17, 15) is 4.79 Å². The molecular formula is C14H22N2O2S. The van der Waals surface area contributed by atoms with E-state index in [0.717, 1.165) is 25.9 Å². The molecule has 1 amide bonds. The molecule has 1 atom stereocenters. The molecule has 4 nitrogen and oxygen atoms in total. The maximum Gasteiger partial charge on any atom is 0.229 e. The number of rotatable bonds is 5. The van der Waals surface area contributed by atoms with Crippen molar-refractivity contribution in [1.82, 2.24) is 10.6 Å². The van der Waals surface area contributed by atoms with Crippen LogP contribution in [-0.2, 0) is 9.53 Å². The van der Waals surface area contributed by atoms with Crippen LogP contribution in [0.25, 0.3) is 0 Å². The Bertz CT molecular complexity index is 394. The van der Waals surface area contributed by atoms with Crippen molar-refractivity contribution < 1.29 is 9.53 Å². The monoisotopic (exact) mass is 282 g/mol. The summed E-state index contributed by atoms with van der Waals surface area (Å²) in [4.78, 5) is 13.8. The Morgan fingerprint density at radius 1 is 1.58 bits per heavy atom. The zero-order valence-electron chi connectivity index (χ0n) is 11.6. The molecule has 1 aliphatic rings. The fraction of sp³-hybridized carbons (Fsp3) is 0.643. The number of hydrogen-bond acceptors (Lipinski definition) is 4. The summed E-state index contributed by atoms with van der Waals surface area (Å²) in [6.45, 7) is 4.29. The SMILES string of the molecule is COCC1(C(=O)N[C@@H](C)c2cccs2)CCNCC1. The maximum atomic E-state index is 12.6. The van der Waals surface area contributed by atoms with Crippen LogP contribution in [0.2, 0.25) is 0 Å². The standard InChI is InChI=1S/C14H22N2O2S/c1-11(12-4-3-9-19-12)16-13(17)14(10-18-2)5-7-15-8-6-14/h3-4,9,11,15H,5-8,10H2,1-2H3,(H,16,17)/t11-/m0/s1. The molecule has 0 aliphatic carbocycles. The second-order valence-corrected chi connectivity index (χ2v) is 6.15. The summed E-state index contributed by atoms with van der Waals surface area (Å²) < 4.78 is 5.29. The summed E-state index contributed by atoms with van der Waals surface area (Å²) in [5.74, 6) is 0.122. The fourth-order valence-electron chi connectivity index (χ4n) is 2.58. The summed E-state index contributed by atoms with van der Waals surface area (Å²) in [7, 11) is 1.67. The van der Waals surface area contributed by atoms with Gasteiger partial charge in [0.15, 0.2) is 0 Å². The van der Waals surface area contributed by atoms with Crippen molar-refractivity contribution in [2.75, 3.05) is 26.8 Å². The Balaban J connectivity index is 2.03. The third-order valence-electron chi connectivity index (χ3n) is 3.78. The van der Waals surface area contributed by atoms with Crippen LogP contribution in [0.1, 0.15) is 30.7 Å². The Kier molecular flexibility index (Phi) is 4.96. The van der Waals surface area contributed by atoms with E-state index in [1.807, 2.05) is 18.4 Å². The highest BCUT2D eigenvalue weighted by molar-refractivity contribution is 7.10. The van der Waals surface area contributed by atoms with Gasteiger partial charge in [0.05, 0.1) is 18.1 Å². The van der Waals surface area contributed by atoms with Crippen LogP contribution in [-0.4, -0.2) is 32.7 Å². The molecule has 0 spiro atoms. The molecule has 0 unspecified atom stereocenters. The molecule has 2 rings (SSSR count). The molecular weight excluding hydrogens is 260 g/mol. The van der Waals surface area contributed by atoms with E-state index in [-0.39, 0.29) is 17.4 Å². The minimum atomic E-state index is -0.370. The summed E-state index contributed by atoms with van der Waals surface area (Å²) in [6.07, 6.45) is 1.67. The number of methoxy groups -OCH3 is 1. The quantitative estimate of drug-likeness (QED) is 0.868. The molecule has 5 heteroatoms. The lowest BCUT2D eigenvalue weighted by atomic mass is 9.78. The van der Waals surface area contributed by atoms with E-state index >= 15 is 0 Å². The van der Waals surface area contributed by atoms with Gasteiger partial charge in [0, 0.05) is 12.0 Å². The molecule has 0 bridgehead atoms. The first-order chi connectivity index (χ1) is 9.18. The number of carbonyl (C=O) groups excluding carboxylic acids is 1. The Hall–Kier alpha value is -0.910. The van der Waals surface area contributed by atoms with E-state index in [1.165, 1.54) is 4.88 Å². The average Bonchev–Trinajstić information content (AvgIpc) is 2.94. The van der Waals surface area contributed by atoms with Gasteiger partial charge in [0.25, 0.3) is 0 Å². The second-order valence-electron chi connectivity index (χ2n) is 5.17. The second kappa shape index (κ2) is 6.50. The lowest BCUT2D eigenvalue weighted by molar-refractivity contribution is -0.136. The minimum Gasteiger partial charge on any atom is -0.384 e. The molecule has 2 heterocycles. The van der Waals surface area contributed by atoms with Crippen LogP contribution < -0.4 is 10.6 Å². The molecule has 0 saturated carbocycles. The van der Waals surface area contributed by atoms with E-state index in [1.54, 1.807) is 18.4 Å². The molecule has 1 aromatic rings. The highest BCUT2D eigenvalue weighted by Gasteiger charge is 2.40. The highest BCUT2D eigenvalue weighted by atomic mass is 32.1. The van der Waals surface area contributed by atoms with E-state index < -0.39 is 0 Å². The largest absolute Gasteiger partial charge is 0.384 e. The van der Waals surface area contributed by atoms with Gasteiger partial charge in [-0.2, -0.15) is 0 Å². The molecule has 2 N–H and O–H groups in total. The van der Waals surface area contributed by atoms with Crippen molar-refractivity contribution in [3.63, 3.8) is 0 Å². The third-order valence-corrected chi connectivity index (χ3v) is 4.84. The van der Waals surface area contributed by atoms with Crippen molar-refractivity contribution in [1.29, 1.82) is 0 Å². The summed E-state index contributed by atoms with van der Waals surface area (Å²) in [6, 6.07) is 4.13. The van der Waals surface area contributed by atoms with Crippen molar-refractivity contribution in [2.45, 2.75) is 25.8 Å². The molecule has 106 valence electrons. The van der Waals surface area contributed by atoms with E-state index in [0.29, 0.717) is 6.61 Å². The smallest absolute Gasteiger partial charge is 0.229 e. The number of nitrogens with one attached hydrogen (secondary N) is 2. The number of piperidine rings is 1. The lowest BCUT2D eigenvalue weighted by Crippen LogP contribution is -2.50. The van der Waals surface area contributed by atoms with Crippen LogP contribution in [0.3, 0.4) is 0 Å². The predicted molar refractivity (Wildman–Crippen MR) is 77.3 cm³/mol. The normalized spacial score (nSPS) is 19.9. The maximum absolute atomic E-state index is 12.6. The predicted octanol–water partition coefficient (Wildman–Crippen LogP) is 1.94. The molecule has 1 saturated heterocycles. The van der Waals surface area contributed by atoms with Crippen LogP contribution in [0.15, 0.2) is 17.5 Å². The van der Waals surface area contributed by atoms with Crippen LogP contribution >= 0.6 is 11.3 Å². The lowest BCUT2D eigenvalue weighted by Gasteiger charge is -2.36. The molecule has 0 aromatic carbocycles. The Morgan fingerprint density at radius 2 is 2.32 bits per heavy atom. The molecule has 1 aromatic heterocycles. The van der Waals surface area contributed by atoms with Gasteiger partial charge in [-0.3, -0.25) is 4.79 Å². The Morgan fingerprint density at radius 3 is 2.89 bits per heavy atom. The average molecular weight is 282 g/mol. The molecule has 0 radical (unpaired) electrons. The zero-order chi connectivity index (χ0) is 13.7. The van der Waals surface area contributed by atoms with Crippen LogP contribution in [0.4, 0.5) is 0 Å². The van der Waals surface area contributed by atoms with Crippen molar-refractivity contribution >= 4 is 17.2 Å². The van der Waals surface area contributed by atoms with Gasteiger partial charge in [-0.1, -0.05) is 6.07 Å². The van der Waals surface area contributed by atoms with Gasteiger partial charge >= 0.3 is 0 Å². The molecule has 1 fully saturated rings. The zero-order valence-corrected chi connectivity index (χ0v) is 12.4. The number of hydrogen-bond donors (Lipinski definition) is 2. The fourth-order valence-corrected chi connectivity index (χ4v) is 3.31. The van der Waals surface area contributed by atoms with Crippen molar-refractivity contribution in [2.24, 2.45) is 5.41 Å². The van der Waals surface area contributed by atoms with Crippen LogP contribution in [0.5, 0.6) is 0 Å². The summed E-state index contributed by atoms with van der Waals surface area (Å²) >= 11 is 1.67. The highest BCUT2D eigenvalue weighted by Crippen LogP contribution is 2.31. The van der Waals surface area contributed by atoms with Gasteiger partial charge in [-0.25, -0.2) is 0 Å². The minimum absolute atomic E-state index is 0.0658. The van der Waals surface area contributed by atoms with E-state index in [4.69, 9.17) is 4.74 Å². The number of ether oxygens (including phenoxy) is 1. The van der Waals surface area contributed by atoms with Gasteiger partial charge in [0.2, 0.25) is 5.91 Å². The third kappa shape index (κ3) is 3.35. The summed E-state index contributed by atoms with van der Waals surface area (Å²) in [5, 5.41) is 8.48. The van der Waals surface area contributed by atoms with Gasteiger partial charge in [-0.05, 0) is 44.3 Å². The Labute approximate surface area is 118 Å². The summed E-state index contributed by atoms with van der Waals surface area (Å²) in [5.41, 5.74) is -0.370. The van der Waals surface area contributed by atoms with Crippen LogP contribution in [0, 0.1) is 5.41 Å². The number of carbonyl (C=O) groups is 1.